The van der Waals surface area contributed by atoms with E-state index in [2.05, 4.69) is 5.32 Å². The van der Waals surface area contributed by atoms with Crippen LogP contribution in [0.5, 0.6) is 5.75 Å². The Bertz CT molecular complexity index is 614. The smallest absolute Gasteiger partial charge is 0.269 e. The highest BCUT2D eigenvalue weighted by Crippen LogP contribution is 2.23. The number of benzene rings is 2. The third-order valence-corrected chi connectivity index (χ3v) is 2.78. The van der Waals surface area contributed by atoms with Gasteiger partial charge in [0.25, 0.3) is 5.69 Å². The second kappa shape index (κ2) is 6.01. The van der Waals surface area contributed by atoms with Gasteiger partial charge in [-0.1, -0.05) is 0 Å². The number of hydrogen-bond donors (Lipinski definition) is 1. The number of nitrogens with zero attached hydrogens (tertiary/aromatic N) is 1. The van der Waals surface area contributed by atoms with Gasteiger partial charge in [0.2, 0.25) is 0 Å². The third-order valence-electron chi connectivity index (χ3n) is 2.78. The van der Waals surface area contributed by atoms with Crippen molar-refractivity contribution in [3.05, 3.63) is 64.0 Å². The van der Waals surface area contributed by atoms with E-state index in [1.165, 1.54) is 36.4 Å². The topological polar surface area (TPSA) is 64.4 Å². The average Bonchev–Trinajstić information content (AvgIpc) is 2.46. The van der Waals surface area contributed by atoms with Crippen LogP contribution in [-0.4, -0.2) is 12.0 Å². The predicted octanol–water partition coefficient (Wildman–Crippen LogP) is 3.35. The largest absolute Gasteiger partial charge is 0.489 e. The molecule has 20 heavy (non-hydrogen) atoms. The molecular weight excluding hydrogens is 263 g/mol. The average molecular weight is 276 g/mol. The lowest BCUT2D eigenvalue weighted by Crippen LogP contribution is -2.02. The summed E-state index contributed by atoms with van der Waals surface area (Å²) in [5.74, 6) is 0.156. The van der Waals surface area contributed by atoms with Crippen LogP contribution in [0.4, 0.5) is 15.8 Å². The van der Waals surface area contributed by atoms with Crippen LogP contribution in [0.3, 0.4) is 0 Å². The number of ether oxygens (including phenoxy) is 1. The molecule has 0 unspecified atom stereocenters. The molecule has 2 rings (SSSR count). The molecule has 5 nitrogen and oxygen atoms in total. The fraction of sp³-hybridized carbons (Fsp3) is 0.143. The van der Waals surface area contributed by atoms with Crippen LogP contribution < -0.4 is 10.1 Å². The highest BCUT2D eigenvalue weighted by molar-refractivity contribution is 5.55. The first kappa shape index (κ1) is 13.8. The number of hydrogen-bond acceptors (Lipinski definition) is 4. The molecule has 0 spiro atoms. The van der Waals surface area contributed by atoms with Crippen LogP contribution in [0.25, 0.3) is 0 Å². The minimum absolute atomic E-state index is 0.00158. The number of nitro groups is 1. The van der Waals surface area contributed by atoms with Gasteiger partial charge in [-0.2, -0.15) is 0 Å². The summed E-state index contributed by atoms with van der Waals surface area (Å²) < 4.78 is 18.3. The number of nitrogens with one attached hydrogen (secondary N) is 1. The summed E-state index contributed by atoms with van der Waals surface area (Å²) in [6.07, 6.45) is 0. The second-order valence-electron chi connectivity index (χ2n) is 4.09. The van der Waals surface area contributed by atoms with Crippen molar-refractivity contribution in [3.8, 4) is 5.75 Å². The third kappa shape index (κ3) is 3.23. The summed E-state index contributed by atoms with van der Waals surface area (Å²) in [4.78, 5) is 10.3. The number of nitro benzene ring substituents is 1. The first-order chi connectivity index (χ1) is 9.60. The van der Waals surface area contributed by atoms with Gasteiger partial charge in [-0.15, -0.1) is 0 Å². The maximum absolute atomic E-state index is 12.8. The summed E-state index contributed by atoms with van der Waals surface area (Å²) in [6.45, 7) is 0.156. The summed E-state index contributed by atoms with van der Waals surface area (Å²) >= 11 is 0. The van der Waals surface area contributed by atoms with Gasteiger partial charge in [-0.25, -0.2) is 4.39 Å². The molecule has 6 heteroatoms. The molecule has 0 aliphatic heterocycles. The molecule has 0 heterocycles. The van der Waals surface area contributed by atoms with Gasteiger partial charge in [0.15, 0.2) is 0 Å². The van der Waals surface area contributed by atoms with E-state index in [1.807, 2.05) is 0 Å². The molecule has 0 bridgehead atoms. The van der Waals surface area contributed by atoms with E-state index in [0.717, 1.165) is 5.69 Å². The van der Waals surface area contributed by atoms with E-state index in [4.69, 9.17) is 4.74 Å². The number of rotatable bonds is 5. The quantitative estimate of drug-likeness (QED) is 0.671. The standard InChI is InChI=1S/C14H13FN2O3/c1-16-14-7-4-12(17(18)19)8-10(14)9-20-13-5-2-11(15)3-6-13/h2-8,16H,9H2,1H3. The zero-order valence-electron chi connectivity index (χ0n) is 10.8. The van der Waals surface area contributed by atoms with Crippen molar-refractivity contribution in [2.75, 3.05) is 12.4 Å². The molecule has 0 saturated carbocycles. The maximum atomic E-state index is 12.8. The van der Waals surface area contributed by atoms with E-state index in [1.54, 1.807) is 13.1 Å². The van der Waals surface area contributed by atoms with Crippen LogP contribution in [-0.2, 0) is 6.61 Å². The lowest BCUT2D eigenvalue weighted by atomic mass is 10.1. The molecular formula is C14H13FN2O3. The Hall–Kier alpha value is -2.63. The normalized spacial score (nSPS) is 10.1. The predicted molar refractivity (Wildman–Crippen MR) is 73.4 cm³/mol. The maximum Gasteiger partial charge on any atom is 0.269 e. The molecule has 0 atom stereocenters. The highest BCUT2D eigenvalue weighted by atomic mass is 19.1. The molecule has 2 aromatic carbocycles. The number of halogens is 1. The van der Waals surface area contributed by atoms with Crippen LogP contribution in [0.2, 0.25) is 0 Å². The molecule has 1 N–H and O–H groups in total. The van der Waals surface area contributed by atoms with Crippen LogP contribution in [0, 0.1) is 15.9 Å². The van der Waals surface area contributed by atoms with Gasteiger partial charge in [0.05, 0.1) is 4.92 Å². The first-order valence-corrected chi connectivity index (χ1v) is 5.93. The summed E-state index contributed by atoms with van der Waals surface area (Å²) in [5, 5.41) is 13.7. The molecule has 0 saturated heterocycles. The van der Waals surface area contributed by atoms with Crippen LogP contribution in [0.15, 0.2) is 42.5 Å². The lowest BCUT2D eigenvalue weighted by molar-refractivity contribution is -0.384. The minimum atomic E-state index is -0.458. The van der Waals surface area contributed by atoms with Gasteiger partial charge in [0, 0.05) is 30.4 Å². The van der Waals surface area contributed by atoms with E-state index < -0.39 is 4.92 Å². The highest BCUT2D eigenvalue weighted by Gasteiger charge is 2.10. The Morgan fingerprint density at radius 1 is 1.25 bits per heavy atom. The molecule has 0 fully saturated rings. The van der Waals surface area contributed by atoms with Gasteiger partial charge in [-0.05, 0) is 30.3 Å². The van der Waals surface area contributed by atoms with E-state index in [9.17, 15) is 14.5 Å². The Balaban J connectivity index is 2.16. The lowest BCUT2D eigenvalue weighted by Gasteiger charge is -2.10. The second-order valence-corrected chi connectivity index (χ2v) is 4.09. The monoisotopic (exact) mass is 276 g/mol. The number of anilines is 1. The van der Waals surface area contributed by atoms with Crippen molar-refractivity contribution in [2.45, 2.75) is 6.61 Å². The minimum Gasteiger partial charge on any atom is -0.489 e. The summed E-state index contributed by atoms with van der Waals surface area (Å²) in [5.41, 5.74) is 1.41. The van der Waals surface area contributed by atoms with Crippen molar-refractivity contribution in [2.24, 2.45) is 0 Å². The van der Waals surface area contributed by atoms with Gasteiger partial charge >= 0.3 is 0 Å². The fourth-order valence-electron chi connectivity index (χ4n) is 1.75. The number of non-ortho nitro benzene ring substituents is 1. The zero-order valence-corrected chi connectivity index (χ0v) is 10.8. The Labute approximate surface area is 115 Å². The molecule has 0 aliphatic carbocycles. The van der Waals surface area contributed by atoms with E-state index in [-0.39, 0.29) is 18.1 Å². The van der Waals surface area contributed by atoms with Gasteiger partial charge < -0.3 is 10.1 Å². The van der Waals surface area contributed by atoms with Gasteiger partial charge in [0.1, 0.15) is 18.2 Å². The molecule has 0 aliphatic rings. The van der Waals surface area contributed by atoms with Crippen molar-refractivity contribution in [1.82, 2.24) is 0 Å². The molecule has 0 radical (unpaired) electrons. The SMILES string of the molecule is CNc1ccc([N+](=O)[O-])cc1COc1ccc(F)cc1. The fourth-order valence-corrected chi connectivity index (χ4v) is 1.75. The van der Waals surface area contributed by atoms with Crippen molar-refractivity contribution >= 4 is 11.4 Å². The molecule has 104 valence electrons. The Morgan fingerprint density at radius 3 is 2.55 bits per heavy atom. The van der Waals surface area contributed by atoms with Crippen molar-refractivity contribution in [3.63, 3.8) is 0 Å². The summed E-state index contributed by atoms with van der Waals surface area (Å²) in [7, 11) is 1.72. The zero-order chi connectivity index (χ0) is 14.5. The van der Waals surface area contributed by atoms with E-state index in [0.29, 0.717) is 11.3 Å². The van der Waals surface area contributed by atoms with E-state index >= 15 is 0 Å². The molecule has 2 aromatic rings. The Kier molecular flexibility index (Phi) is 4.14. The van der Waals surface area contributed by atoms with Crippen molar-refractivity contribution in [1.29, 1.82) is 0 Å². The van der Waals surface area contributed by atoms with Crippen LogP contribution >= 0.6 is 0 Å². The molecule has 0 amide bonds. The summed E-state index contributed by atoms with van der Waals surface area (Å²) in [6, 6.07) is 10.1. The first-order valence-electron chi connectivity index (χ1n) is 5.93. The van der Waals surface area contributed by atoms with Crippen molar-refractivity contribution < 1.29 is 14.1 Å². The van der Waals surface area contributed by atoms with Crippen LogP contribution in [0.1, 0.15) is 5.56 Å². The molecule has 0 aromatic heterocycles. The Morgan fingerprint density at radius 2 is 1.95 bits per heavy atom. The van der Waals surface area contributed by atoms with Gasteiger partial charge in [-0.3, -0.25) is 10.1 Å².